The molecule has 0 saturated carbocycles. The number of carbonyl (C=O) groups excluding carboxylic acids is 1. The normalized spacial score (nSPS) is 14.1. The lowest BCUT2D eigenvalue weighted by molar-refractivity contribution is 0.102. The maximum absolute atomic E-state index is 12.6. The van der Waals surface area contributed by atoms with Crippen molar-refractivity contribution in [1.82, 2.24) is 15.1 Å². The lowest BCUT2D eigenvalue weighted by Crippen LogP contribution is -2.30. The number of nitrogens with one attached hydrogen (secondary N) is 2. The van der Waals surface area contributed by atoms with Crippen LogP contribution in [0.5, 0.6) is 0 Å². The Balaban J connectivity index is 1.42. The lowest BCUT2D eigenvalue weighted by Gasteiger charge is -2.26. The molecule has 0 unspecified atom stereocenters. The molecule has 1 aromatic heterocycles. The zero-order valence-electron chi connectivity index (χ0n) is 16.4. The van der Waals surface area contributed by atoms with Crippen LogP contribution < -0.4 is 5.32 Å². The Bertz CT molecular complexity index is 944. The molecule has 1 amide bonds. The molecule has 2 heterocycles. The van der Waals surface area contributed by atoms with Crippen molar-refractivity contribution >= 4 is 11.7 Å². The molecule has 3 aromatic rings. The van der Waals surface area contributed by atoms with Gasteiger partial charge in [0.2, 0.25) is 0 Å². The van der Waals surface area contributed by atoms with Gasteiger partial charge in [-0.2, -0.15) is 5.10 Å². The maximum Gasteiger partial charge on any atom is 0.256 e. The van der Waals surface area contributed by atoms with Crippen molar-refractivity contribution in [2.75, 3.05) is 11.9 Å². The number of anilines is 1. The van der Waals surface area contributed by atoms with Crippen molar-refractivity contribution in [3.8, 4) is 0 Å². The molecule has 0 bridgehead atoms. The molecule has 2 N–H and O–H groups in total. The number of rotatable bonds is 5. The molecule has 4 rings (SSSR count). The number of H-pyrrole nitrogens is 1. The first kappa shape index (κ1) is 18.4. The molecule has 1 aliphatic rings. The minimum absolute atomic E-state index is 0.115. The summed E-state index contributed by atoms with van der Waals surface area (Å²) in [6.45, 7) is 6.98. The highest BCUT2D eigenvalue weighted by Crippen LogP contribution is 2.25. The Labute approximate surface area is 165 Å². The van der Waals surface area contributed by atoms with Crippen molar-refractivity contribution in [1.29, 1.82) is 0 Å². The van der Waals surface area contributed by atoms with Crippen LogP contribution in [-0.2, 0) is 19.5 Å². The third-order valence-corrected chi connectivity index (χ3v) is 5.33. The van der Waals surface area contributed by atoms with Crippen LogP contribution in [-0.4, -0.2) is 27.5 Å². The van der Waals surface area contributed by atoms with Gasteiger partial charge in [0, 0.05) is 30.8 Å². The van der Waals surface area contributed by atoms with Crippen LogP contribution in [0.15, 0.2) is 54.6 Å². The third-order valence-electron chi connectivity index (χ3n) is 5.33. The maximum atomic E-state index is 12.6. The van der Waals surface area contributed by atoms with E-state index in [1.54, 1.807) is 0 Å². The van der Waals surface area contributed by atoms with Gasteiger partial charge in [0.25, 0.3) is 5.91 Å². The van der Waals surface area contributed by atoms with E-state index in [1.165, 1.54) is 11.1 Å². The second-order valence-corrected chi connectivity index (χ2v) is 7.71. The Kier molecular flexibility index (Phi) is 5.26. The second-order valence-electron chi connectivity index (χ2n) is 7.71. The fraction of sp³-hybridized carbons (Fsp3) is 0.304. The Morgan fingerprint density at radius 2 is 1.89 bits per heavy atom. The molecule has 0 atom stereocenters. The molecule has 0 radical (unpaired) electrons. The number of benzene rings is 2. The minimum atomic E-state index is -0.115. The van der Waals surface area contributed by atoms with Crippen molar-refractivity contribution < 1.29 is 4.79 Å². The summed E-state index contributed by atoms with van der Waals surface area (Å²) in [4.78, 5) is 15.0. The SMILES string of the molecule is CC(C)c1ccc(C(=O)Nc2n[nH]c3c2CCN(Cc2ccccc2)C3)cc1. The van der Waals surface area contributed by atoms with Crippen LogP contribution in [0.4, 0.5) is 5.82 Å². The highest BCUT2D eigenvalue weighted by atomic mass is 16.1. The zero-order valence-corrected chi connectivity index (χ0v) is 16.4. The molecular weight excluding hydrogens is 348 g/mol. The monoisotopic (exact) mass is 374 g/mol. The van der Waals surface area contributed by atoms with Gasteiger partial charge in [0.15, 0.2) is 5.82 Å². The Morgan fingerprint density at radius 3 is 2.61 bits per heavy atom. The summed E-state index contributed by atoms with van der Waals surface area (Å²) in [5.74, 6) is 0.998. The number of fused-ring (bicyclic) bond motifs is 1. The molecule has 0 aliphatic carbocycles. The van der Waals surface area contributed by atoms with E-state index < -0.39 is 0 Å². The molecule has 5 nitrogen and oxygen atoms in total. The third kappa shape index (κ3) is 3.99. The van der Waals surface area contributed by atoms with Gasteiger partial charge in [-0.25, -0.2) is 0 Å². The standard InChI is InChI=1S/C23H26N4O/c1-16(2)18-8-10-19(11-9-18)23(28)24-22-20-12-13-27(15-21(20)25-26-22)14-17-6-4-3-5-7-17/h3-11,16H,12-15H2,1-2H3,(H2,24,25,26,28). The number of hydrogen-bond donors (Lipinski definition) is 2. The lowest BCUT2D eigenvalue weighted by atomic mass is 10.0. The van der Waals surface area contributed by atoms with Gasteiger partial charge in [-0.05, 0) is 35.6 Å². The van der Waals surface area contributed by atoms with E-state index >= 15 is 0 Å². The van der Waals surface area contributed by atoms with Crippen LogP contribution in [0, 0.1) is 0 Å². The van der Waals surface area contributed by atoms with E-state index in [1.807, 2.05) is 30.3 Å². The Morgan fingerprint density at radius 1 is 1.14 bits per heavy atom. The van der Waals surface area contributed by atoms with Gasteiger partial charge in [0.05, 0.1) is 5.69 Å². The molecule has 0 spiro atoms. The van der Waals surface area contributed by atoms with Crippen molar-refractivity contribution in [3.63, 3.8) is 0 Å². The number of nitrogens with zero attached hydrogens (tertiary/aromatic N) is 2. The number of aromatic nitrogens is 2. The van der Waals surface area contributed by atoms with Gasteiger partial charge in [-0.1, -0.05) is 56.3 Å². The molecule has 144 valence electrons. The number of aromatic amines is 1. The molecule has 1 aliphatic heterocycles. The second kappa shape index (κ2) is 7.98. The first-order valence-electron chi connectivity index (χ1n) is 9.84. The fourth-order valence-electron chi connectivity index (χ4n) is 3.65. The fourth-order valence-corrected chi connectivity index (χ4v) is 3.65. The number of hydrogen-bond acceptors (Lipinski definition) is 3. The molecule has 0 fully saturated rings. The minimum Gasteiger partial charge on any atom is -0.305 e. The van der Waals surface area contributed by atoms with E-state index in [0.717, 1.165) is 37.3 Å². The average molecular weight is 374 g/mol. The molecular formula is C23H26N4O. The average Bonchev–Trinajstić information content (AvgIpc) is 3.11. The topological polar surface area (TPSA) is 61.0 Å². The summed E-state index contributed by atoms with van der Waals surface area (Å²) in [6, 6.07) is 18.3. The molecule has 0 saturated heterocycles. The molecule has 28 heavy (non-hydrogen) atoms. The predicted molar refractivity (Wildman–Crippen MR) is 111 cm³/mol. The largest absolute Gasteiger partial charge is 0.305 e. The van der Waals surface area contributed by atoms with Gasteiger partial charge >= 0.3 is 0 Å². The quantitative estimate of drug-likeness (QED) is 0.698. The van der Waals surface area contributed by atoms with Crippen molar-refractivity contribution in [3.05, 3.63) is 82.5 Å². The number of amides is 1. The summed E-state index contributed by atoms with van der Waals surface area (Å²) in [5.41, 5.74) is 5.41. The summed E-state index contributed by atoms with van der Waals surface area (Å²) >= 11 is 0. The van der Waals surface area contributed by atoms with Gasteiger partial charge < -0.3 is 5.32 Å². The predicted octanol–water partition coefficient (Wildman–Crippen LogP) is 4.34. The summed E-state index contributed by atoms with van der Waals surface area (Å²) in [7, 11) is 0. The highest BCUT2D eigenvalue weighted by molar-refractivity contribution is 6.04. The zero-order chi connectivity index (χ0) is 19.5. The van der Waals surface area contributed by atoms with E-state index in [0.29, 0.717) is 17.3 Å². The summed E-state index contributed by atoms with van der Waals surface area (Å²) in [5, 5.41) is 10.5. The van der Waals surface area contributed by atoms with Gasteiger partial charge in [0.1, 0.15) is 0 Å². The van der Waals surface area contributed by atoms with E-state index in [-0.39, 0.29) is 5.91 Å². The Hall–Kier alpha value is -2.92. The highest BCUT2D eigenvalue weighted by Gasteiger charge is 2.23. The van der Waals surface area contributed by atoms with Crippen LogP contribution in [0.3, 0.4) is 0 Å². The molecule has 5 heteroatoms. The van der Waals surface area contributed by atoms with Gasteiger partial charge in [-0.15, -0.1) is 0 Å². The van der Waals surface area contributed by atoms with Crippen molar-refractivity contribution in [2.45, 2.75) is 39.3 Å². The van der Waals surface area contributed by atoms with Crippen LogP contribution in [0.25, 0.3) is 0 Å². The molecule has 2 aromatic carbocycles. The first-order valence-corrected chi connectivity index (χ1v) is 9.84. The summed E-state index contributed by atoms with van der Waals surface area (Å²) in [6.07, 6.45) is 0.876. The van der Waals surface area contributed by atoms with Crippen LogP contribution >= 0.6 is 0 Å². The van der Waals surface area contributed by atoms with Crippen LogP contribution in [0.2, 0.25) is 0 Å². The smallest absolute Gasteiger partial charge is 0.256 e. The van der Waals surface area contributed by atoms with E-state index in [4.69, 9.17) is 0 Å². The van der Waals surface area contributed by atoms with E-state index in [9.17, 15) is 4.79 Å². The van der Waals surface area contributed by atoms with Gasteiger partial charge in [-0.3, -0.25) is 14.8 Å². The van der Waals surface area contributed by atoms with Crippen LogP contribution in [0.1, 0.15) is 52.5 Å². The number of carbonyl (C=O) groups is 1. The first-order chi connectivity index (χ1) is 13.6. The van der Waals surface area contributed by atoms with E-state index in [2.05, 4.69) is 58.5 Å². The van der Waals surface area contributed by atoms with Crippen molar-refractivity contribution in [2.24, 2.45) is 0 Å². The summed E-state index contributed by atoms with van der Waals surface area (Å²) < 4.78 is 0.